The second-order valence-electron chi connectivity index (χ2n) is 4.21. The maximum atomic E-state index is 13.5. The van der Waals surface area contributed by atoms with E-state index in [0.717, 1.165) is 26.2 Å². The highest BCUT2D eigenvalue weighted by Crippen LogP contribution is 2.18. The molecule has 0 spiro atoms. The first-order chi connectivity index (χ1) is 8.11. The first-order valence-electron chi connectivity index (χ1n) is 5.56. The summed E-state index contributed by atoms with van der Waals surface area (Å²) in [6, 6.07) is 0. The minimum absolute atomic E-state index is 0.0476. The smallest absolute Gasteiger partial charge is 0.227 e. The summed E-state index contributed by atoms with van der Waals surface area (Å²) in [6.45, 7) is 5.19. The summed E-state index contributed by atoms with van der Waals surface area (Å²) < 4.78 is 13.5. The Balaban J connectivity index is 2.24. The van der Waals surface area contributed by atoms with E-state index in [4.69, 9.17) is 5.84 Å². The predicted molar refractivity (Wildman–Crippen MR) is 64.2 cm³/mol. The topological polar surface area (TPSA) is 70.3 Å². The summed E-state index contributed by atoms with van der Waals surface area (Å²) in [5, 5.41) is 0. The van der Waals surface area contributed by atoms with Gasteiger partial charge in [0.1, 0.15) is 0 Å². The Labute approximate surface area is 99.6 Å². The minimum Gasteiger partial charge on any atom is -0.338 e. The molecule has 7 heteroatoms. The number of nitrogen functional groups attached to an aromatic ring is 1. The van der Waals surface area contributed by atoms with Gasteiger partial charge >= 0.3 is 0 Å². The number of nitrogens with two attached hydrogens (primary N) is 1. The number of nitrogens with one attached hydrogen (secondary N) is 1. The van der Waals surface area contributed by atoms with E-state index in [1.807, 2.05) is 4.90 Å². The third-order valence-electron chi connectivity index (χ3n) is 2.93. The van der Waals surface area contributed by atoms with Gasteiger partial charge in [-0.2, -0.15) is 4.98 Å². The molecule has 1 aromatic heterocycles. The number of hydrazine groups is 1. The Bertz CT molecular complexity index is 402. The van der Waals surface area contributed by atoms with E-state index in [9.17, 15) is 4.39 Å². The van der Waals surface area contributed by atoms with Gasteiger partial charge in [-0.05, 0) is 14.0 Å². The van der Waals surface area contributed by atoms with Crippen molar-refractivity contribution in [3.05, 3.63) is 11.5 Å². The van der Waals surface area contributed by atoms with E-state index in [-0.39, 0.29) is 5.82 Å². The lowest BCUT2D eigenvalue weighted by atomic mass is 10.3. The second-order valence-corrected chi connectivity index (χ2v) is 4.21. The average Bonchev–Trinajstić information content (AvgIpc) is 2.33. The van der Waals surface area contributed by atoms with E-state index in [1.165, 1.54) is 0 Å². The number of aryl methyl sites for hydroxylation is 1. The van der Waals surface area contributed by atoms with E-state index < -0.39 is 5.82 Å². The first-order valence-corrected chi connectivity index (χ1v) is 5.56. The zero-order chi connectivity index (χ0) is 12.4. The van der Waals surface area contributed by atoms with Crippen LogP contribution in [0.4, 0.5) is 16.2 Å². The molecule has 2 rings (SSSR count). The van der Waals surface area contributed by atoms with Crippen molar-refractivity contribution < 1.29 is 4.39 Å². The van der Waals surface area contributed by atoms with E-state index in [0.29, 0.717) is 11.6 Å². The van der Waals surface area contributed by atoms with Crippen LogP contribution < -0.4 is 16.2 Å². The number of likely N-dealkylation sites (N-methyl/N-ethyl adjacent to an activating group) is 1. The fraction of sp³-hybridized carbons (Fsp3) is 0.600. The van der Waals surface area contributed by atoms with E-state index in [2.05, 4.69) is 27.3 Å². The second kappa shape index (κ2) is 4.80. The van der Waals surface area contributed by atoms with Gasteiger partial charge in [-0.3, -0.25) is 0 Å². The van der Waals surface area contributed by atoms with Crippen molar-refractivity contribution in [1.82, 2.24) is 14.9 Å². The lowest BCUT2D eigenvalue weighted by Crippen LogP contribution is -2.45. The third-order valence-corrected chi connectivity index (χ3v) is 2.93. The lowest BCUT2D eigenvalue weighted by Gasteiger charge is -2.32. The van der Waals surface area contributed by atoms with Crippen LogP contribution in [0, 0.1) is 12.7 Å². The normalized spacial score (nSPS) is 17.3. The number of hydrogen-bond donors (Lipinski definition) is 2. The molecule has 0 unspecified atom stereocenters. The van der Waals surface area contributed by atoms with Crippen LogP contribution in [0.25, 0.3) is 0 Å². The average molecular weight is 240 g/mol. The van der Waals surface area contributed by atoms with Gasteiger partial charge in [-0.25, -0.2) is 15.2 Å². The zero-order valence-electron chi connectivity index (χ0n) is 10.1. The summed E-state index contributed by atoms with van der Waals surface area (Å²) >= 11 is 0. The maximum absolute atomic E-state index is 13.5. The fourth-order valence-corrected chi connectivity index (χ4v) is 1.79. The fourth-order valence-electron chi connectivity index (χ4n) is 1.79. The van der Waals surface area contributed by atoms with Gasteiger partial charge in [0.25, 0.3) is 0 Å². The van der Waals surface area contributed by atoms with Crippen molar-refractivity contribution in [3.8, 4) is 0 Å². The SMILES string of the molecule is Cc1nc(N2CCN(C)CC2)nc(NN)c1F. The Kier molecular flexibility index (Phi) is 3.39. The maximum Gasteiger partial charge on any atom is 0.227 e. The van der Waals surface area contributed by atoms with Crippen LogP contribution in [0.3, 0.4) is 0 Å². The molecule has 0 saturated carbocycles. The Morgan fingerprint density at radius 3 is 2.47 bits per heavy atom. The van der Waals surface area contributed by atoms with Crippen LogP contribution in [0.15, 0.2) is 0 Å². The molecule has 0 aromatic carbocycles. The van der Waals surface area contributed by atoms with E-state index >= 15 is 0 Å². The highest BCUT2D eigenvalue weighted by molar-refractivity contribution is 5.44. The predicted octanol–water partition coefficient (Wildman–Crippen LogP) is -0.0385. The summed E-state index contributed by atoms with van der Waals surface area (Å²) in [5.74, 6) is 5.32. The van der Waals surface area contributed by atoms with Crippen molar-refractivity contribution in [2.24, 2.45) is 5.84 Å². The molecule has 94 valence electrons. The van der Waals surface area contributed by atoms with Gasteiger partial charge in [0.15, 0.2) is 11.6 Å². The largest absolute Gasteiger partial charge is 0.338 e. The molecular formula is C10H17FN6. The molecule has 1 aromatic rings. The summed E-state index contributed by atoms with van der Waals surface area (Å²) in [7, 11) is 2.07. The van der Waals surface area contributed by atoms with Crippen molar-refractivity contribution >= 4 is 11.8 Å². The Hall–Kier alpha value is -1.47. The van der Waals surface area contributed by atoms with Crippen LogP contribution in [-0.4, -0.2) is 48.1 Å². The number of rotatable bonds is 2. The highest BCUT2D eigenvalue weighted by Gasteiger charge is 2.19. The standard InChI is InChI=1S/C10H17FN6/c1-7-8(11)9(15-12)14-10(13-7)17-5-3-16(2)4-6-17/h3-6,12H2,1-2H3,(H,13,14,15). The Morgan fingerprint density at radius 2 is 1.88 bits per heavy atom. The van der Waals surface area contributed by atoms with Gasteiger partial charge in [0.2, 0.25) is 5.95 Å². The molecule has 2 heterocycles. The first kappa shape index (κ1) is 12.0. The molecule has 1 saturated heterocycles. The number of halogens is 1. The molecule has 3 N–H and O–H groups in total. The molecule has 0 radical (unpaired) electrons. The van der Waals surface area contributed by atoms with E-state index in [1.54, 1.807) is 6.92 Å². The number of anilines is 2. The van der Waals surface area contributed by atoms with Crippen molar-refractivity contribution in [2.45, 2.75) is 6.92 Å². The van der Waals surface area contributed by atoms with Crippen LogP contribution in [-0.2, 0) is 0 Å². The molecule has 1 fully saturated rings. The molecule has 17 heavy (non-hydrogen) atoms. The van der Waals surface area contributed by atoms with Crippen molar-refractivity contribution in [2.75, 3.05) is 43.6 Å². The molecule has 1 aliphatic rings. The number of aromatic nitrogens is 2. The van der Waals surface area contributed by atoms with Gasteiger partial charge in [0, 0.05) is 26.2 Å². The monoisotopic (exact) mass is 240 g/mol. The van der Waals surface area contributed by atoms with Gasteiger partial charge in [-0.15, -0.1) is 0 Å². The van der Waals surface area contributed by atoms with Gasteiger partial charge < -0.3 is 15.2 Å². The molecule has 0 bridgehead atoms. The van der Waals surface area contributed by atoms with Crippen molar-refractivity contribution in [3.63, 3.8) is 0 Å². The number of nitrogens with zero attached hydrogens (tertiary/aromatic N) is 4. The van der Waals surface area contributed by atoms with Crippen LogP contribution >= 0.6 is 0 Å². The Morgan fingerprint density at radius 1 is 1.24 bits per heavy atom. The van der Waals surface area contributed by atoms with Crippen LogP contribution in [0.1, 0.15) is 5.69 Å². The molecule has 0 amide bonds. The van der Waals surface area contributed by atoms with Gasteiger partial charge in [-0.1, -0.05) is 0 Å². The van der Waals surface area contributed by atoms with Crippen LogP contribution in [0.2, 0.25) is 0 Å². The van der Waals surface area contributed by atoms with Crippen molar-refractivity contribution in [1.29, 1.82) is 0 Å². The summed E-state index contributed by atoms with van der Waals surface area (Å²) in [6.07, 6.45) is 0. The number of hydrogen-bond acceptors (Lipinski definition) is 6. The minimum atomic E-state index is -0.495. The molecule has 0 aliphatic carbocycles. The molecular weight excluding hydrogens is 223 g/mol. The third kappa shape index (κ3) is 2.45. The number of piperazine rings is 1. The van der Waals surface area contributed by atoms with Gasteiger partial charge in [0.05, 0.1) is 5.69 Å². The highest BCUT2D eigenvalue weighted by atomic mass is 19.1. The summed E-state index contributed by atoms with van der Waals surface area (Å²) in [4.78, 5) is 12.5. The summed E-state index contributed by atoms with van der Waals surface area (Å²) in [5.41, 5.74) is 2.57. The molecule has 6 nitrogen and oxygen atoms in total. The molecule has 1 aliphatic heterocycles. The lowest BCUT2D eigenvalue weighted by molar-refractivity contribution is 0.311. The zero-order valence-corrected chi connectivity index (χ0v) is 10.1. The van der Waals surface area contributed by atoms with Crippen LogP contribution in [0.5, 0.6) is 0 Å². The molecule has 0 atom stereocenters. The quantitative estimate of drug-likeness (QED) is 0.558.